The fourth-order valence-electron chi connectivity index (χ4n) is 0.602. The first-order chi connectivity index (χ1) is 5.49. The molecule has 4 N–H and O–H groups in total. The van der Waals surface area contributed by atoms with Crippen molar-refractivity contribution in [2.75, 3.05) is 7.05 Å². The van der Waals surface area contributed by atoms with Crippen LogP contribution in [-0.2, 0) is 4.79 Å². The van der Waals surface area contributed by atoms with E-state index < -0.39 is 24.1 Å². The van der Waals surface area contributed by atoms with Gasteiger partial charge in [0.05, 0.1) is 6.10 Å². The van der Waals surface area contributed by atoms with E-state index in [1.54, 1.807) is 0 Å². The number of aliphatic carboxylic acids is 1. The van der Waals surface area contributed by atoms with Crippen molar-refractivity contribution in [3.63, 3.8) is 0 Å². The van der Waals surface area contributed by atoms with Gasteiger partial charge in [-0.3, -0.25) is 0 Å². The molecule has 0 heterocycles. The molecule has 0 saturated carbocycles. The Morgan fingerprint density at radius 2 is 1.92 bits per heavy atom. The summed E-state index contributed by atoms with van der Waals surface area (Å²) in [6.45, 7) is 1.29. The van der Waals surface area contributed by atoms with Crippen LogP contribution < -0.4 is 10.6 Å². The monoisotopic (exact) mass is 176 g/mol. The molecule has 0 radical (unpaired) electrons. The lowest BCUT2D eigenvalue weighted by atomic mass is 10.2. The van der Waals surface area contributed by atoms with E-state index in [-0.39, 0.29) is 0 Å². The van der Waals surface area contributed by atoms with Crippen molar-refractivity contribution >= 4 is 12.0 Å². The van der Waals surface area contributed by atoms with Crippen LogP contribution in [0, 0.1) is 0 Å². The third kappa shape index (κ3) is 3.20. The Morgan fingerprint density at radius 1 is 1.42 bits per heavy atom. The Morgan fingerprint density at radius 3 is 2.17 bits per heavy atom. The van der Waals surface area contributed by atoms with Gasteiger partial charge in [0.2, 0.25) is 0 Å². The zero-order valence-electron chi connectivity index (χ0n) is 6.87. The maximum atomic E-state index is 10.6. The van der Waals surface area contributed by atoms with Gasteiger partial charge in [0.1, 0.15) is 0 Å². The molecule has 0 aromatic rings. The molecule has 2 amide bonds. The van der Waals surface area contributed by atoms with E-state index in [1.807, 2.05) is 0 Å². The summed E-state index contributed by atoms with van der Waals surface area (Å²) in [4.78, 5) is 21.0. The quantitative estimate of drug-likeness (QED) is 0.431. The third-order valence-electron chi connectivity index (χ3n) is 1.26. The third-order valence-corrected chi connectivity index (χ3v) is 1.26. The predicted octanol–water partition coefficient (Wildman–Crippen LogP) is -1.25. The fraction of sp³-hybridized carbons (Fsp3) is 0.667. The molecular formula is C6H12N2O4. The molecule has 6 heteroatoms. The number of carbonyl (C=O) groups excluding carboxylic acids is 1. The molecule has 0 aromatic heterocycles. The molecule has 0 fully saturated rings. The van der Waals surface area contributed by atoms with E-state index in [9.17, 15) is 9.59 Å². The largest absolute Gasteiger partial charge is 0.480 e. The minimum absolute atomic E-state index is 0.636. The molecule has 0 aliphatic carbocycles. The second-order valence-electron chi connectivity index (χ2n) is 2.28. The standard InChI is InChI=1S/C6H12N2O4/c1-3(9)4(5(10)11)8-6(12)7-2/h3-4,9H,1-2H3,(H,10,11)(H2,7,8,12)/t3-,4+/m1/s1. The number of nitrogens with one attached hydrogen (secondary N) is 2. The summed E-state index contributed by atoms with van der Waals surface area (Å²) >= 11 is 0. The van der Waals surface area contributed by atoms with Crippen molar-refractivity contribution in [1.82, 2.24) is 10.6 Å². The second kappa shape index (κ2) is 4.55. The average molecular weight is 176 g/mol. The molecule has 0 aliphatic heterocycles. The zero-order valence-corrected chi connectivity index (χ0v) is 6.87. The van der Waals surface area contributed by atoms with Crippen LogP contribution >= 0.6 is 0 Å². The van der Waals surface area contributed by atoms with E-state index in [0.717, 1.165) is 0 Å². The Kier molecular flexibility index (Phi) is 4.06. The summed E-state index contributed by atoms with van der Waals surface area (Å²) in [6, 6.07) is -1.91. The van der Waals surface area contributed by atoms with Crippen molar-refractivity contribution in [2.45, 2.75) is 19.1 Å². The molecule has 0 saturated heterocycles. The van der Waals surface area contributed by atoms with Crippen molar-refractivity contribution < 1.29 is 19.8 Å². The van der Waals surface area contributed by atoms with Crippen LogP contribution in [-0.4, -0.2) is 41.4 Å². The van der Waals surface area contributed by atoms with Crippen molar-refractivity contribution in [3.8, 4) is 0 Å². The first-order valence-corrected chi connectivity index (χ1v) is 3.38. The highest BCUT2D eigenvalue weighted by Crippen LogP contribution is 1.92. The normalized spacial score (nSPS) is 14.6. The fourth-order valence-corrected chi connectivity index (χ4v) is 0.602. The number of rotatable bonds is 3. The minimum Gasteiger partial charge on any atom is -0.480 e. The van der Waals surface area contributed by atoms with Crippen LogP contribution in [0.2, 0.25) is 0 Å². The van der Waals surface area contributed by atoms with Gasteiger partial charge in [-0.25, -0.2) is 9.59 Å². The van der Waals surface area contributed by atoms with Gasteiger partial charge in [-0.1, -0.05) is 0 Å². The number of aliphatic hydroxyl groups is 1. The molecule has 0 spiro atoms. The Balaban J connectivity index is 4.14. The van der Waals surface area contributed by atoms with Gasteiger partial charge >= 0.3 is 12.0 Å². The van der Waals surface area contributed by atoms with Gasteiger partial charge in [0.15, 0.2) is 6.04 Å². The van der Waals surface area contributed by atoms with Gasteiger partial charge in [-0.15, -0.1) is 0 Å². The number of carboxylic acids is 1. The zero-order chi connectivity index (χ0) is 9.72. The summed E-state index contributed by atoms with van der Waals surface area (Å²) in [7, 11) is 1.36. The van der Waals surface area contributed by atoms with Gasteiger partial charge in [0.25, 0.3) is 0 Å². The van der Waals surface area contributed by atoms with Gasteiger partial charge < -0.3 is 20.8 Å². The molecule has 6 nitrogen and oxygen atoms in total. The molecule has 0 aliphatic rings. The summed E-state index contributed by atoms with van der Waals surface area (Å²) in [6.07, 6.45) is -1.13. The van der Waals surface area contributed by atoms with Crippen molar-refractivity contribution in [3.05, 3.63) is 0 Å². The lowest BCUT2D eigenvalue weighted by Crippen LogP contribution is -2.50. The molecular weight excluding hydrogens is 164 g/mol. The van der Waals surface area contributed by atoms with E-state index in [4.69, 9.17) is 10.2 Å². The molecule has 0 unspecified atom stereocenters. The number of carboxylic acid groups (broad SMARTS) is 1. The van der Waals surface area contributed by atoms with Crippen LogP contribution in [0.5, 0.6) is 0 Å². The van der Waals surface area contributed by atoms with Crippen LogP contribution in [0.3, 0.4) is 0 Å². The van der Waals surface area contributed by atoms with E-state index in [1.165, 1.54) is 14.0 Å². The number of hydrogen-bond acceptors (Lipinski definition) is 3. The number of aliphatic hydroxyl groups excluding tert-OH is 1. The lowest BCUT2D eigenvalue weighted by Gasteiger charge is -2.16. The number of carbonyl (C=O) groups is 2. The Labute approximate surface area is 69.6 Å². The molecule has 0 aromatic carbocycles. The van der Waals surface area contributed by atoms with Gasteiger partial charge in [0, 0.05) is 7.05 Å². The van der Waals surface area contributed by atoms with Crippen LogP contribution in [0.1, 0.15) is 6.92 Å². The van der Waals surface area contributed by atoms with Gasteiger partial charge in [-0.2, -0.15) is 0 Å². The molecule has 0 bridgehead atoms. The van der Waals surface area contributed by atoms with Crippen LogP contribution in [0.4, 0.5) is 4.79 Å². The highest BCUT2D eigenvalue weighted by atomic mass is 16.4. The molecule has 70 valence electrons. The van der Waals surface area contributed by atoms with Gasteiger partial charge in [-0.05, 0) is 6.92 Å². The number of amides is 2. The lowest BCUT2D eigenvalue weighted by molar-refractivity contribution is -0.141. The molecule has 2 atom stereocenters. The van der Waals surface area contributed by atoms with Crippen LogP contribution in [0.25, 0.3) is 0 Å². The number of urea groups is 1. The molecule has 12 heavy (non-hydrogen) atoms. The topological polar surface area (TPSA) is 98.7 Å². The maximum absolute atomic E-state index is 10.6. The number of hydrogen-bond donors (Lipinski definition) is 4. The summed E-state index contributed by atoms with van der Waals surface area (Å²) in [5.74, 6) is -1.27. The van der Waals surface area contributed by atoms with Crippen molar-refractivity contribution in [2.24, 2.45) is 0 Å². The smallest absolute Gasteiger partial charge is 0.328 e. The summed E-state index contributed by atoms with van der Waals surface area (Å²) in [5, 5.41) is 21.6. The molecule has 0 rings (SSSR count). The maximum Gasteiger partial charge on any atom is 0.328 e. The second-order valence-corrected chi connectivity index (χ2v) is 2.28. The summed E-state index contributed by atoms with van der Waals surface area (Å²) in [5.41, 5.74) is 0. The summed E-state index contributed by atoms with van der Waals surface area (Å²) < 4.78 is 0. The first-order valence-electron chi connectivity index (χ1n) is 3.38. The van der Waals surface area contributed by atoms with Crippen molar-refractivity contribution in [1.29, 1.82) is 0 Å². The Bertz CT molecular complexity index is 180. The van der Waals surface area contributed by atoms with Crippen LogP contribution in [0.15, 0.2) is 0 Å². The predicted molar refractivity (Wildman–Crippen MR) is 40.7 cm³/mol. The van der Waals surface area contributed by atoms with E-state index in [2.05, 4.69) is 10.6 Å². The highest BCUT2D eigenvalue weighted by Gasteiger charge is 2.24. The highest BCUT2D eigenvalue weighted by molar-refractivity contribution is 5.82. The van der Waals surface area contributed by atoms with E-state index in [0.29, 0.717) is 0 Å². The average Bonchev–Trinajstić information content (AvgIpc) is 1.98. The minimum atomic E-state index is -1.27. The SMILES string of the molecule is CNC(=O)N[C@H](C(=O)O)[C@@H](C)O. The first kappa shape index (κ1) is 10.7. The Hall–Kier alpha value is -1.30. The van der Waals surface area contributed by atoms with E-state index >= 15 is 0 Å².